The summed E-state index contributed by atoms with van der Waals surface area (Å²) in [6.45, 7) is 4.87. The Kier molecular flexibility index (Phi) is 7.12. The molecule has 5 nitrogen and oxygen atoms in total. The van der Waals surface area contributed by atoms with Crippen LogP contribution in [0.15, 0.2) is 75.4 Å². The van der Waals surface area contributed by atoms with Crippen LogP contribution >= 0.6 is 23.4 Å². The highest BCUT2D eigenvalue weighted by Crippen LogP contribution is 2.26. The van der Waals surface area contributed by atoms with Crippen LogP contribution in [0.4, 0.5) is 0 Å². The van der Waals surface area contributed by atoms with E-state index in [0.29, 0.717) is 33.8 Å². The minimum absolute atomic E-state index is 0.121. The minimum atomic E-state index is -0.236. The lowest BCUT2D eigenvalue weighted by atomic mass is 10.1. The number of halogens is 1. The summed E-state index contributed by atoms with van der Waals surface area (Å²) in [6, 6.07) is 17.4. The van der Waals surface area contributed by atoms with Gasteiger partial charge in [0, 0.05) is 28.1 Å². The van der Waals surface area contributed by atoms with Gasteiger partial charge < -0.3 is 5.32 Å². The molecule has 0 fully saturated rings. The second-order valence-corrected chi connectivity index (χ2v) is 8.49. The predicted octanol–water partition coefficient (Wildman–Crippen LogP) is 4.81. The number of carbonyl (C=O) groups excluding carboxylic acids is 1. The molecule has 0 bridgehead atoms. The van der Waals surface area contributed by atoms with Gasteiger partial charge in [-0.1, -0.05) is 37.2 Å². The first-order chi connectivity index (χ1) is 13.9. The van der Waals surface area contributed by atoms with Crippen LogP contribution in [0, 0.1) is 5.92 Å². The van der Waals surface area contributed by atoms with Crippen molar-refractivity contribution >= 4 is 29.3 Å². The smallest absolute Gasteiger partial charge is 0.271 e. The fourth-order valence-electron chi connectivity index (χ4n) is 2.59. The summed E-state index contributed by atoms with van der Waals surface area (Å²) in [5.41, 5.74) is 0.920. The molecule has 150 valence electrons. The zero-order valence-electron chi connectivity index (χ0n) is 16.3. The van der Waals surface area contributed by atoms with Gasteiger partial charge in [-0.25, -0.2) is 0 Å². The summed E-state index contributed by atoms with van der Waals surface area (Å²) in [6.07, 6.45) is 0.932. The van der Waals surface area contributed by atoms with Gasteiger partial charge in [0.15, 0.2) is 0 Å². The summed E-state index contributed by atoms with van der Waals surface area (Å²) in [4.78, 5) is 25.5. The predicted molar refractivity (Wildman–Crippen MR) is 117 cm³/mol. The molecular formula is C22H22ClN3O2S. The van der Waals surface area contributed by atoms with Crippen LogP contribution in [-0.2, 0) is 0 Å². The second-order valence-electron chi connectivity index (χ2n) is 6.96. The molecule has 0 spiro atoms. The third-order valence-corrected chi connectivity index (χ3v) is 5.38. The van der Waals surface area contributed by atoms with Crippen molar-refractivity contribution in [3.63, 3.8) is 0 Å². The second kappa shape index (κ2) is 9.76. The molecule has 0 radical (unpaired) electrons. The maximum atomic E-state index is 12.3. The van der Waals surface area contributed by atoms with E-state index in [1.807, 2.05) is 24.3 Å². The molecule has 2 aromatic carbocycles. The first-order valence-corrected chi connectivity index (χ1v) is 10.5. The summed E-state index contributed by atoms with van der Waals surface area (Å²) >= 11 is 7.36. The van der Waals surface area contributed by atoms with Crippen LogP contribution in [0.3, 0.4) is 0 Å². The Bertz CT molecular complexity index is 1030. The average molecular weight is 428 g/mol. The lowest BCUT2D eigenvalue weighted by Crippen LogP contribution is -2.25. The molecule has 0 saturated heterocycles. The lowest BCUT2D eigenvalue weighted by molar-refractivity contribution is 0.0952. The molecule has 29 heavy (non-hydrogen) atoms. The zero-order valence-corrected chi connectivity index (χ0v) is 17.8. The van der Waals surface area contributed by atoms with Crippen LogP contribution in [0.1, 0.15) is 30.6 Å². The van der Waals surface area contributed by atoms with Gasteiger partial charge in [0.2, 0.25) is 0 Å². The molecule has 0 aliphatic rings. The van der Waals surface area contributed by atoms with Crippen molar-refractivity contribution in [2.45, 2.75) is 30.2 Å². The Balaban J connectivity index is 1.75. The third-order valence-electron chi connectivity index (χ3n) is 4.19. The molecule has 0 unspecified atom stereocenters. The van der Waals surface area contributed by atoms with Crippen molar-refractivity contribution in [1.82, 2.24) is 15.1 Å². The molecule has 0 aliphatic heterocycles. The summed E-state index contributed by atoms with van der Waals surface area (Å²) in [5.74, 6) is 0.415. The summed E-state index contributed by atoms with van der Waals surface area (Å²) < 4.78 is 1.33. The molecular weight excluding hydrogens is 406 g/mol. The van der Waals surface area contributed by atoms with Crippen molar-refractivity contribution < 1.29 is 4.79 Å². The van der Waals surface area contributed by atoms with E-state index in [1.165, 1.54) is 22.5 Å². The van der Waals surface area contributed by atoms with E-state index in [0.717, 1.165) is 11.3 Å². The van der Waals surface area contributed by atoms with Crippen molar-refractivity contribution in [1.29, 1.82) is 0 Å². The number of carbonyl (C=O) groups is 1. The fourth-order valence-corrected chi connectivity index (χ4v) is 3.49. The van der Waals surface area contributed by atoms with Gasteiger partial charge in [0.05, 0.1) is 5.69 Å². The van der Waals surface area contributed by atoms with E-state index >= 15 is 0 Å². The van der Waals surface area contributed by atoms with Crippen LogP contribution in [0.2, 0.25) is 5.02 Å². The largest absolute Gasteiger partial charge is 0.352 e. The summed E-state index contributed by atoms with van der Waals surface area (Å²) in [7, 11) is 0. The maximum absolute atomic E-state index is 12.3. The van der Waals surface area contributed by atoms with E-state index in [4.69, 9.17) is 11.6 Å². The fraction of sp³-hybridized carbons (Fsp3) is 0.227. The monoisotopic (exact) mass is 427 g/mol. The van der Waals surface area contributed by atoms with Crippen molar-refractivity contribution in [2.75, 3.05) is 6.54 Å². The Morgan fingerprint density at radius 1 is 1.07 bits per heavy atom. The van der Waals surface area contributed by atoms with Crippen molar-refractivity contribution in [2.24, 2.45) is 5.92 Å². The molecule has 0 aliphatic carbocycles. The van der Waals surface area contributed by atoms with E-state index in [1.54, 1.807) is 30.3 Å². The van der Waals surface area contributed by atoms with Crippen LogP contribution in [-0.4, -0.2) is 22.2 Å². The first kappa shape index (κ1) is 21.1. The Labute approximate surface area is 179 Å². The maximum Gasteiger partial charge on any atom is 0.271 e. The number of hydrogen-bond donors (Lipinski definition) is 1. The molecule has 0 atom stereocenters. The molecule has 1 aromatic heterocycles. The third kappa shape index (κ3) is 5.95. The highest BCUT2D eigenvalue weighted by atomic mass is 35.5. The molecule has 1 N–H and O–H groups in total. The van der Waals surface area contributed by atoms with Crippen molar-refractivity contribution in [3.05, 3.63) is 81.6 Å². The van der Waals surface area contributed by atoms with Crippen LogP contribution < -0.4 is 10.9 Å². The quantitative estimate of drug-likeness (QED) is 0.587. The van der Waals surface area contributed by atoms with Gasteiger partial charge in [0.1, 0.15) is 5.03 Å². The topological polar surface area (TPSA) is 64.0 Å². The normalized spacial score (nSPS) is 10.9. The van der Waals surface area contributed by atoms with Gasteiger partial charge in [-0.2, -0.15) is 9.78 Å². The number of amides is 1. The van der Waals surface area contributed by atoms with E-state index in [2.05, 4.69) is 24.3 Å². The molecule has 1 amide bonds. The van der Waals surface area contributed by atoms with Gasteiger partial charge in [-0.05, 0) is 66.9 Å². The number of aromatic nitrogens is 2. The molecule has 3 rings (SSSR count). The Hall–Kier alpha value is -2.57. The SMILES string of the molecule is CC(C)CCNC(=O)c1ccc(-n2nc(Sc3ccc(Cl)cc3)ccc2=O)cc1. The van der Waals surface area contributed by atoms with Gasteiger partial charge in [0.25, 0.3) is 11.5 Å². The summed E-state index contributed by atoms with van der Waals surface area (Å²) in [5, 5.41) is 8.69. The number of nitrogens with zero attached hydrogens (tertiary/aromatic N) is 2. The standard InChI is InChI=1S/C22H22ClN3O2S/c1-15(2)13-14-24-22(28)16-3-7-18(8-4-16)26-21(27)12-11-20(25-26)29-19-9-5-17(23)6-10-19/h3-12,15H,13-14H2,1-2H3,(H,24,28). The number of nitrogens with one attached hydrogen (secondary N) is 1. The van der Waals surface area contributed by atoms with E-state index in [9.17, 15) is 9.59 Å². The molecule has 7 heteroatoms. The Morgan fingerprint density at radius 3 is 2.41 bits per heavy atom. The highest BCUT2D eigenvalue weighted by Gasteiger charge is 2.08. The minimum Gasteiger partial charge on any atom is -0.352 e. The number of rotatable bonds is 7. The van der Waals surface area contributed by atoms with Gasteiger partial charge >= 0.3 is 0 Å². The Morgan fingerprint density at radius 2 is 1.76 bits per heavy atom. The first-order valence-electron chi connectivity index (χ1n) is 9.35. The highest BCUT2D eigenvalue weighted by molar-refractivity contribution is 7.99. The molecule has 1 heterocycles. The molecule has 3 aromatic rings. The number of hydrogen-bond acceptors (Lipinski definition) is 4. The molecule has 0 saturated carbocycles. The van der Waals surface area contributed by atoms with Gasteiger partial charge in [-0.15, -0.1) is 0 Å². The van der Waals surface area contributed by atoms with Crippen LogP contribution in [0.25, 0.3) is 5.69 Å². The van der Waals surface area contributed by atoms with Gasteiger partial charge in [-0.3, -0.25) is 9.59 Å². The van der Waals surface area contributed by atoms with E-state index < -0.39 is 0 Å². The van der Waals surface area contributed by atoms with Crippen molar-refractivity contribution in [3.8, 4) is 5.69 Å². The average Bonchev–Trinajstić information content (AvgIpc) is 2.71. The lowest BCUT2D eigenvalue weighted by Gasteiger charge is -2.09. The van der Waals surface area contributed by atoms with E-state index in [-0.39, 0.29) is 11.5 Å². The van der Waals surface area contributed by atoms with Crippen LogP contribution in [0.5, 0.6) is 0 Å². The zero-order chi connectivity index (χ0) is 20.8. The number of benzene rings is 2.